The van der Waals surface area contributed by atoms with Crippen LogP contribution in [0.25, 0.3) is 10.2 Å². The summed E-state index contributed by atoms with van der Waals surface area (Å²) in [7, 11) is 1.68. The van der Waals surface area contributed by atoms with Crippen LogP contribution in [0, 0.1) is 0 Å². The van der Waals surface area contributed by atoms with Crippen LogP contribution in [0.5, 0.6) is 5.75 Å². The summed E-state index contributed by atoms with van der Waals surface area (Å²) < 4.78 is 12.0. The fourth-order valence-corrected chi connectivity index (χ4v) is 4.48. The van der Waals surface area contributed by atoms with Crippen LogP contribution in [-0.2, 0) is 22.7 Å². The molecule has 4 rings (SSSR count). The number of hydrogen-bond acceptors (Lipinski definition) is 5. The van der Waals surface area contributed by atoms with Gasteiger partial charge in [0.15, 0.2) is 0 Å². The predicted molar refractivity (Wildman–Crippen MR) is 113 cm³/mol. The number of fused-ring (bicyclic) bond motifs is 1. The summed E-state index contributed by atoms with van der Waals surface area (Å²) in [4.78, 5) is 20.4. The zero-order valence-electron chi connectivity index (χ0n) is 16.6. The van der Waals surface area contributed by atoms with Crippen molar-refractivity contribution < 1.29 is 19.2 Å². The molecule has 0 unspecified atom stereocenters. The SMILES string of the molecule is COc1ccc(C[NH+]2CCN(C(=O)COCc3nc4ccccc4s3)CC2)cc1. The van der Waals surface area contributed by atoms with Crippen molar-refractivity contribution >= 4 is 27.5 Å². The fraction of sp³-hybridized carbons (Fsp3) is 0.364. The van der Waals surface area contributed by atoms with E-state index in [1.165, 1.54) is 10.5 Å². The maximum absolute atomic E-state index is 12.5. The van der Waals surface area contributed by atoms with E-state index in [1.54, 1.807) is 18.4 Å². The van der Waals surface area contributed by atoms with Crippen molar-refractivity contribution in [1.82, 2.24) is 9.88 Å². The first kappa shape index (κ1) is 19.8. The molecule has 29 heavy (non-hydrogen) atoms. The third-order valence-electron chi connectivity index (χ3n) is 5.23. The standard InChI is InChI=1S/C22H25N3O3S/c1-27-18-8-6-17(7-9-18)14-24-10-12-25(13-11-24)22(26)16-28-15-21-23-19-4-2-3-5-20(19)29-21/h2-9H,10-16H2,1H3/p+1. The lowest BCUT2D eigenvalue weighted by Gasteiger charge is -2.32. The second-order valence-electron chi connectivity index (χ2n) is 7.22. The van der Waals surface area contributed by atoms with Crippen molar-refractivity contribution in [2.75, 3.05) is 39.9 Å². The zero-order chi connectivity index (χ0) is 20.1. The van der Waals surface area contributed by atoms with Gasteiger partial charge < -0.3 is 19.3 Å². The van der Waals surface area contributed by atoms with Gasteiger partial charge in [0.25, 0.3) is 0 Å². The van der Waals surface area contributed by atoms with Crippen molar-refractivity contribution in [2.45, 2.75) is 13.2 Å². The number of methoxy groups -OCH3 is 1. The van der Waals surface area contributed by atoms with Gasteiger partial charge in [-0.3, -0.25) is 4.79 Å². The molecule has 1 aliphatic heterocycles. The van der Waals surface area contributed by atoms with Gasteiger partial charge in [0.2, 0.25) is 5.91 Å². The van der Waals surface area contributed by atoms with Crippen molar-refractivity contribution in [2.24, 2.45) is 0 Å². The lowest BCUT2D eigenvalue weighted by atomic mass is 10.2. The number of carbonyl (C=O) groups excluding carboxylic acids is 1. The average Bonchev–Trinajstić information content (AvgIpc) is 3.17. The van der Waals surface area contributed by atoms with Crippen LogP contribution in [0.4, 0.5) is 0 Å². The van der Waals surface area contributed by atoms with Gasteiger partial charge in [0.1, 0.15) is 23.9 Å². The highest BCUT2D eigenvalue weighted by Gasteiger charge is 2.23. The number of benzene rings is 2. The molecule has 1 N–H and O–H groups in total. The van der Waals surface area contributed by atoms with Crippen molar-refractivity contribution in [1.29, 1.82) is 0 Å². The normalized spacial score (nSPS) is 15.0. The molecule has 0 atom stereocenters. The lowest BCUT2D eigenvalue weighted by molar-refractivity contribution is -0.917. The molecule has 0 aliphatic carbocycles. The molecule has 0 radical (unpaired) electrons. The van der Waals surface area contributed by atoms with Crippen molar-refractivity contribution in [3.05, 3.63) is 59.1 Å². The number of para-hydroxylation sites is 1. The molecule has 0 saturated carbocycles. The molecule has 1 saturated heterocycles. The largest absolute Gasteiger partial charge is 0.497 e. The first-order valence-corrected chi connectivity index (χ1v) is 10.7. The van der Waals surface area contributed by atoms with Gasteiger partial charge in [-0.05, 0) is 36.4 Å². The minimum Gasteiger partial charge on any atom is -0.497 e. The fourth-order valence-electron chi connectivity index (χ4n) is 3.58. The maximum Gasteiger partial charge on any atom is 0.248 e. The summed E-state index contributed by atoms with van der Waals surface area (Å²) in [5.41, 5.74) is 2.28. The zero-order valence-corrected chi connectivity index (χ0v) is 17.4. The highest BCUT2D eigenvalue weighted by atomic mass is 32.1. The number of thiazole rings is 1. The Bertz CT molecular complexity index is 916. The molecule has 1 aliphatic rings. The van der Waals surface area contributed by atoms with E-state index >= 15 is 0 Å². The number of rotatable bonds is 7. The van der Waals surface area contributed by atoms with Gasteiger partial charge in [-0.15, -0.1) is 11.3 Å². The smallest absolute Gasteiger partial charge is 0.248 e. The molecular weight excluding hydrogens is 386 g/mol. The highest BCUT2D eigenvalue weighted by Crippen LogP contribution is 2.21. The third-order valence-corrected chi connectivity index (χ3v) is 6.24. The second kappa shape index (κ2) is 9.35. The number of carbonyl (C=O) groups is 1. The summed E-state index contributed by atoms with van der Waals surface area (Å²) in [6.45, 7) is 4.92. The molecular formula is C22H26N3O3S+. The first-order chi connectivity index (χ1) is 14.2. The molecule has 7 heteroatoms. The van der Waals surface area contributed by atoms with E-state index < -0.39 is 0 Å². The minimum atomic E-state index is 0.0645. The quantitative estimate of drug-likeness (QED) is 0.642. The summed E-state index contributed by atoms with van der Waals surface area (Å²) in [5.74, 6) is 0.944. The van der Waals surface area contributed by atoms with E-state index in [1.807, 2.05) is 35.2 Å². The number of nitrogens with zero attached hydrogens (tertiary/aromatic N) is 2. The third kappa shape index (κ3) is 5.12. The number of amides is 1. The molecule has 2 aromatic carbocycles. The van der Waals surface area contributed by atoms with E-state index in [9.17, 15) is 4.79 Å². The molecule has 1 aromatic heterocycles. The van der Waals surface area contributed by atoms with E-state index in [4.69, 9.17) is 9.47 Å². The highest BCUT2D eigenvalue weighted by molar-refractivity contribution is 7.18. The van der Waals surface area contributed by atoms with Crippen LogP contribution in [0.15, 0.2) is 48.5 Å². The first-order valence-electron chi connectivity index (χ1n) is 9.88. The summed E-state index contributed by atoms with van der Waals surface area (Å²) in [5, 5.41) is 0.910. The Morgan fingerprint density at radius 1 is 1.14 bits per heavy atom. The number of hydrogen-bond donors (Lipinski definition) is 1. The van der Waals surface area contributed by atoms with E-state index in [-0.39, 0.29) is 12.5 Å². The lowest BCUT2D eigenvalue weighted by Crippen LogP contribution is -3.13. The van der Waals surface area contributed by atoms with E-state index in [0.717, 1.165) is 53.7 Å². The van der Waals surface area contributed by atoms with Crippen molar-refractivity contribution in [3.8, 4) is 5.75 Å². The molecule has 2 heterocycles. The van der Waals surface area contributed by atoms with Gasteiger partial charge in [0, 0.05) is 5.56 Å². The van der Waals surface area contributed by atoms with Crippen LogP contribution >= 0.6 is 11.3 Å². The Kier molecular flexibility index (Phi) is 6.39. The van der Waals surface area contributed by atoms with Crippen LogP contribution in [0.3, 0.4) is 0 Å². The van der Waals surface area contributed by atoms with Crippen LogP contribution in [0.1, 0.15) is 10.6 Å². The molecule has 1 fully saturated rings. The summed E-state index contributed by atoms with van der Waals surface area (Å²) in [6.07, 6.45) is 0. The molecule has 0 bridgehead atoms. The monoisotopic (exact) mass is 412 g/mol. The number of piperazine rings is 1. The molecule has 0 spiro atoms. The van der Waals surface area contributed by atoms with Gasteiger partial charge in [-0.25, -0.2) is 4.98 Å². The van der Waals surface area contributed by atoms with Gasteiger partial charge in [0.05, 0.1) is 50.1 Å². The predicted octanol–water partition coefficient (Wildman–Crippen LogP) is 1.75. The molecule has 3 aromatic rings. The summed E-state index contributed by atoms with van der Waals surface area (Å²) >= 11 is 1.62. The van der Waals surface area contributed by atoms with E-state index in [0.29, 0.717) is 6.61 Å². The van der Waals surface area contributed by atoms with Crippen molar-refractivity contribution in [3.63, 3.8) is 0 Å². The maximum atomic E-state index is 12.5. The van der Waals surface area contributed by atoms with Crippen LogP contribution < -0.4 is 9.64 Å². The van der Waals surface area contributed by atoms with E-state index in [2.05, 4.69) is 23.2 Å². The Hall–Kier alpha value is -2.48. The molecule has 6 nitrogen and oxygen atoms in total. The molecule has 152 valence electrons. The van der Waals surface area contributed by atoms with Crippen LogP contribution in [0.2, 0.25) is 0 Å². The Labute approximate surface area is 174 Å². The average molecular weight is 413 g/mol. The van der Waals surface area contributed by atoms with Gasteiger partial charge in [-0.1, -0.05) is 12.1 Å². The van der Waals surface area contributed by atoms with Gasteiger partial charge in [-0.2, -0.15) is 0 Å². The number of aromatic nitrogens is 1. The Morgan fingerprint density at radius 3 is 2.62 bits per heavy atom. The Balaban J connectivity index is 1.19. The topological polar surface area (TPSA) is 56.1 Å². The minimum absolute atomic E-state index is 0.0645. The Morgan fingerprint density at radius 2 is 1.90 bits per heavy atom. The second-order valence-corrected chi connectivity index (χ2v) is 8.34. The van der Waals surface area contributed by atoms with Crippen LogP contribution in [-0.4, -0.2) is 55.7 Å². The number of nitrogens with one attached hydrogen (secondary N) is 1. The van der Waals surface area contributed by atoms with Gasteiger partial charge >= 0.3 is 0 Å². The number of quaternary nitrogens is 1. The number of ether oxygens (including phenoxy) is 2. The summed E-state index contributed by atoms with van der Waals surface area (Å²) in [6, 6.07) is 16.2. The molecule has 1 amide bonds.